The number of ketones is 1. The molecular weight excluding hydrogens is 270 g/mol. The summed E-state index contributed by atoms with van der Waals surface area (Å²) >= 11 is 0. The molecule has 0 amide bonds. The van der Waals surface area contributed by atoms with E-state index in [1.165, 1.54) is 17.6 Å². The van der Waals surface area contributed by atoms with Gasteiger partial charge in [-0.1, -0.05) is 29.8 Å². The SMILES string of the molecule is CC(=O)Cn1c(-c2ccc(C)cc2)ccc(C(=O)O)c1=O. The van der Waals surface area contributed by atoms with E-state index in [-0.39, 0.29) is 17.9 Å². The van der Waals surface area contributed by atoms with Crippen LogP contribution in [0.25, 0.3) is 11.3 Å². The van der Waals surface area contributed by atoms with Crippen molar-refractivity contribution >= 4 is 11.8 Å². The quantitative estimate of drug-likeness (QED) is 0.933. The molecule has 5 heteroatoms. The number of hydrogen-bond donors (Lipinski definition) is 1. The van der Waals surface area contributed by atoms with E-state index in [2.05, 4.69) is 0 Å². The van der Waals surface area contributed by atoms with Crippen molar-refractivity contribution in [1.82, 2.24) is 4.57 Å². The van der Waals surface area contributed by atoms with Crippen LogP contribution in [0.3, 0.4) is 0 Å². The van der Waals surface area contributed by atoms with Gasteiger partial charge in [0, 0.05) is 0 Å². The van der Waals surface area contributed by atoms with Crippen LogP contribution in [0.2, 0.25) is 0 Å². The summed E-state index contributed by atoms with van der Waals surface area (Å²) in [7, 11) is 0. The summed E-state index contributed by atoms with van der Waals surface area (Å²) in [5.41, 5.74) is 1.35. The Morgan fingerprint density at radius 1 is 1.10 bits per heavy atom. The Morgan fingerprint density at radius 2 is 1.71 bits per heavy atom. The number of carboxylic acids is 1. The van der Waals surface area contributed by atoms with Crippen molar-refractivity contribution in [3.05, 3.63) is 57.9 Å². The van der Waals surface area contributed by atoms with Crippen molar-refractivity contribution < 1.29 is 14.7 Å². The Labute approximate surface area is 121 Å². The Balaban J connectivity index is 2.68. The smallest absolute Gasteiger partial charge is 0.341 e. The number of carbonyl (C=O) groups is 2. The van der Waals surface area contributed by atoms with E-state index in [1.54, 1.807) is 6.07 Å². The van der Waals surface area contributed by atoms with Gasteiger partial charge < -0.3 is 9.67 Å². The summed E-state index contributed by atoms with van der Waals surface area (Å²) in [5.74, 6) is -1.51. The van der Waals surface area contributed by atoms with Crippen molar-refractivity contribution in [3.63, 3.8) is 0 Å². The summed E-state index contributed by atoms with van der Waals surface area (Å²) in [6.45, 7) is 3.15. The fourth-order valence-electron chi connectivity index (χ4n) is 2.10. The van der Waals surface area contributed by atoms with Crippen molar-refractivity contribution in [3.8, 4) is 11.3 Å². The molecular formula is C16H15NO4. The maximum Gasteiger partial charge on any atom is 0.341 e. The highest BCUT2D eigenvalue weighted by molar-refractivity contribution is 5.88. The molecule has 1 heterocycles. The van der Waals surface area contributed by atoms with Gasteiger partial charge >= 0.3 is 5.97 Å². The Kier molecular flexibility index (Phi) is 4.03. The van der Waals surface area contributed by atoms with Gasteiger partial charge in [-0.25, -0.2) is 4.79 Å². The third-order valence-corrected chi connectivity index (χ3v) is 3.13. The minimum Gasteiger partial charge on any atom is -0.477 e. The van der Waals surface area contributed by atoms with Gasteiger partial charge in [-0.05, 0) is 31.5 Å². The standard InChI is InChI=1S/C16H15NO4/c1-10-3-5-12(6-4-10)14-8-7-13(16(20)21)15(19)17(14)9-11(2)18/h3-8H,9H2,1-2H3,(H,20,21). The number of aromatic nitrogens is 1. The largest absolute Gasteiger partial charge is 0.477 e. The van der Waals surface area contributed by atoms with E-state index in [9.17, 15) is 14.4 Å². The van der Waals surface area contributed by atoms with Crippen LogP contribution in [0.4, 0.5) is 0 Å². The van der Waals surface area contributed by atoms with Crippen LogP contribution < -0.4 is 5.56 Å². The first-order chi connectivity index (χ1) is 9.90. The second-order valence-corrected chi connectivity index (χ2v) is 4.90. The van der Waals surface area contributed by atoms with Crippen LogP contribution in [0.1, 0.15) is 22.8 Å². The number of hydrogen-bond acceptors (Lipinski definition) is 3. The lowest BCUT2D eigenvalue weighted by atomic mass is 10.1. The van der Waals surface area contributed by atoms with E-state index in [0.29, 0.717) is 5.69 Å². The number of benzene rings is 1. The maximum absolute atomic E-state index is 12.2. The number of pyridine rings is 1. The average Bonchev–Trinajstić information content (AvgIpc) is 2.41. The first-order valence-corrected chi connectivity index (χ1v) is 6.44. The molecule has 2 aromatic rings. The summed E-state index contributed by atoms with van der Waals surface area (Å²) < 4.78 is 1.20. The van der Waals surface area contributed by atoms with Crippen LogP contribution in [0.5, 0.6) is 0 Å². The number of Topliss-reactive ketones (excluding diaryl/α,β-unsaturated/α-hetero) is 1. The number of aromatic carboxylic acids is 1. The fraction of sp³-hybridized carbons (Fsp3) is 0.188. The van der Waals surface area contributed by atoms with Gasteiger partial charge in [-0.3, -0.25) is 9.59 Å². The lowest BCUT2D eigenvalue weighted by molar-refractivity contribution is -0.117. The van der Waals surface area contributed by atoms with E-state index in [4.69, 9.17) is 5.11 Å². The molecule has 1 aromatic carbocycles. The van der Waals surface area contributed by atoms with Crippen LogP contribution in [0.15, 0.2) is 41.2 Å². The molecule has 0 unspecified atom stereocenters. The molecule has 1 aromatic heterocycles. The highest BCUT2D eigenvalue weighted by Crippen LogP contribution is 2.19. The first-order valence-electron chi connectivity index (χ1n) is 6.44. The molecule has 0 aliphatic carbocycles. The van der Waals surface area contributed by atoms with Crippen LogP contribution in [-0.4, -0.2) is 21.4 Å². The molecule has 0 radical (unpaired) electrons. The molecule has 0 bridgehead atoms. The lowest BCUT2D eigenvalue weighted by Crippen LogP contribution is -2.29. The van der Waals surface area contributed by atoms with Crippen LogP contribution in [-0.2, 0) is 11.3 Å². The highest BCUT2D eigenvalue weighted by atomic mass is 16.4. The summed E-state index contributed by atoms with van der Waals surface area (Å²) in [5, 5.41) is 9.02. The third kappa shape index (κ3) is 3.08. The molecule has 21 heavy (non-hydrogen) atoms. The molecule has 0 fully saturated rings. The molecule has 1 N–H and O–H groups in total. The number of rotatable bonds is 4. The molecule has 0 aliphatic rings. The Bertz CT molecular complexity index is 757. The monoisotopic (exact) mass is 285 g/mol. The minimum atomic E-state index is -1.30. The highest BCUT2D eigenvalue weighted by Gasteiger charge is 2.15. The molecule has 2 rings (SSSR count). The normalized spacial score (nSPS) is 10.4. The number of carbonyl (C=O) groups excluding carboxylic acids is 1. The van der Waals surface area contributed by atoms with Crippen molar-refractivity contribution in [1.29, 1.82) is 0 Å². The van der Waals surface area contributed by atoms with Gasteiger partial charge in [0.2, 0.25) is 0 Å². The lowest BCUT2D eigenvalue weighted by Gasteiger charge is -2.12. The maximum atomic E-state index is 12.2. The zero-order valence-corrected chi connectivity index (χ0v) is 11.8. The molecule has 0 spiro atoms. The van der Waals surface area contributed by atoms with Gasteiger partial charge in [0.05, 0.1) is 12.2 Å². The molecule has 0 atom stereocenters. The first kappa shape index (κ1) is 14.7. The van der Waals surface area contributed by atoms with E-state index in [0.717, 1.165) is 11.1 Å². The topological polar surface area (TPSA) is 76.4 Å². The van der Waals surface area contributed by atoms with Crippen LogP contribution in [0, 0.1) is 6.92 Å². The fourth-order valence-corrected chi connectivity index (χ4v) is 2.10. The minimum absolute atomic E-state index is 0.150. The second-order valence-electron chi connectivity index (χ2n) is 4.90. The molecule has 108 valence electrons. The number of carboxylic acid groups (broad SMARTS) is 1. The number of nitrogens with zero attached hydrogens (tertiary/aromatic N) is 1. The van der Waals surface area contributed by atoms with Gasteiger partial charge in [0.1, 0.15) is 11.3 Å². The Hall–Kier alpha value is -2.69. The van der Waals surface area contributed by atoms with Gasteiger partial charge in [-0.2, -0.15) is 0 Å². The number of aryl methyl sites for hydroxylation is 1. The zero-order valence-electron chi connectivity index (χ0n) is 11.8. The van der Waals surface area contributed by atoms with Crippen molar-refractivity contribution in [2.75, 3.05) is 0 Å². The predicted octanol–water partition coefficient (Wildman–Crippen LogP) is 2.11. The van der Waals surface area contributed by atoms with E-state index < -0.39 is 11.5 Å². The molecule has 0 saturated heterocycles. The van der Waals surface area contributed by atoms with Gasteiger partial charge in [0.25, 0.3) is 5.56 Å². The molecule has 0 aliphatic heterocycles. The predicted molar refractivity (Wildman–Crippen MR) is 78.5 cm³/mol. The summed E-state index contributed by atoms with van der Waals surface area (Å²) in [4.78, 5) is 34.7. The van der Waals surface area contributed by atoms with Crippen molar-refractivity contribution in [2.24, 2.45) is 0 Å². The molecule has 5 nitrogen and oxygen atoms in total. The van der Waals surface area contributed by atoms with Gasteiger partial charge in [0.15, 0.2) is 0 Å². The molecule has 0 saturated carbocycles. The summed E-state index contributed by atoms with van der Waals surface area (Å²) in [6, 6.07) is 10.3. The van der Waals surface area contributed by atoms with E-state index in [1.807, 2.05) is 31.2 Å². The van der Waals surface area contributed by atoms with Crippen LogP contribution >= 0.6 is 0 Å². The Morgan fingerprint density at radius 3 is 2.24 bits per heavy atom. The zero-order chi connectivity index (χ0) is 15.6. The second kappa shape index (κ2) is 5.75. The summed E-state index contributed by atoms with van der Waals surface area (Å²) in [6.07, 6.45) is 0. The average molecular weight is 285 g/mol. The van der Waals surface area contributed by atoms with Gasteiger partial charge in [-0.15, -0.1) is 0 Å². The third-order valence-electron chi connectivity index (χ3n) is 3.13. The van der Waals surface area contributed by atoms with E-state index >= 15 is 0 Å². The van der Waals surface area contributed by atoms with Crippen molar-refractivity contribution in [2.45, 2.75) is 20.4 Å².